The average molecular weight is 568 g/mol. The van der Waals surface area contributed by atoms with Gasteiger partial charge in [-0.25, -0.2) is 4.79 Å². The minimum Gasteiger partial charge on any atom is -0.458 e. The number of carbonyl (C=O) groups excluding carboxylic acids is 1. The van der Waals surface area contributed by atoms with Crippen LogP contribution in [0, 0.1) is 22.7 Å². The molecule has 2 aliphatic carbocycles. The van der Waals surface area contributed by atoms with Crippen molar-refractivity contribution >= 4 is 28.9 Å². The molecule has 39 heavy (non-hydrogen) atoms. The SMILES string of the molecule is C=C1CCC2C3(C)COC(c4cccs4)OC3CCC2(C)C1CC(NCc1cccc(Cl)c1)C1=CCOC1=O. The Morgan fingerprint density at radius 2 is 2.08 bits per heavy atom. The highest BCUT2D eigenvalue weighted by molar-refractivity contribution is 7.10. The second-order valence-corrected chi connectivity index (χ2v) is 13.6. The number of cyclic esters (lactones) is 1. The lowest BCUT2D eigenvalue weighted by atomic mass is 9.45. The van der Waals surface area contributed by atoms with Crippen molar-refractivity contribution in [1.29, 1.82) is 0 Å². The van der Waals surface area contributed by atoms with Gasteiger partial charge >= 0.3 is 5.97 Å². The molecule has 0 spiro atoms. The molecule has 0 radical (unpaired) electrons. The van der Waals surface area contributed by atoms with Crippen LogP contribution in [0.3, 0.4) is 0 Å². The normalized spacial score (nSPS) is 35.1. The van der Waals surface area contributed by atoms with Gasteiger partial charge in [0.2, 0.25) is 0 Å². The Bertz CT molecular complexity index is 1260. The zero-order chi connectivity index (χ0) is 27.2. The van der Waals surface area contributed by atoms with E-state index in [0.717, 1.165) is 48.1 Å². The average Bonchev–Trinajstić information content (AvgIpc) is 3.60. The quantitative estimate of drug-likeness (QED) is 0.282. The highest BCUT2D eigenvalue weighted by Crippen LogP contribution is 2.64. The monoisotopic (exact) mass is 567 g/mol. The first-order valence-electron chi connectivity index (χ1n) is 14.1. The number of fused-ring (bicyclic) bond motifs is 3. The third kappa shape index (κ3) is 5.04. The number of rotatable bonds is 7. The molecule has 3 heterocycles. The summed E-state index contributed by atoms with van der Waals surface area (Å²) in [5.41, 5.74) is 3.11. The maximum Gasteiger partial charge on any atom is 0.335 e. The van der Waals surface area contributed by atoms with E-state index in [0.29, 0.717) is 30.7 Å². The third-order valence-electron chi connectivity index (χ3n) is 9.97. The van der Waals surface area contributed by atoms with Crippen LogP contribution in [-0.4, -0.2) is 31.3 Å². The molecule has 1 aromatic carbocycles. The molecule has 4 aliphatic rings. The number of halogens is 1. The second-order valence-electron chi connectivity index (χ2n) is 12.2. The Morgan fingerprint density at radius 1 is 1.21 bits per heavy atom. The van der Waals surface area contributed by atoms with Crippen molar-refractivity contribution in [3.8, 4) is 0 Å². The third-order valence-corrected chi connectivity index (χ3v) is 11.1. The van der Waals surface area contributed by atoms with E-state index in [4.69, 9.17) is 25.8 Å². The summed E-state index contributed by atoms with van der Waals surface area (Å²) in [7, 11) is 0. The predicted molar refractivity (Wildman–Crippen MR) is 154 cm³/mol. The maximum absolute atomic E-state index is 12.7. The van der Waals surface area contributed by atoms with Crippen LogP contribution in [0.25, 0.3) is 0 Å². The van der Waals surface area contributed by atoms with Crippen LogP contribution >= 0.6 is 22.9 Å². The first-order valence-corrected chi connectivity index (χ1v) is 15.4. The van der Waals surface area contributed by atoms with E-state index >= 15 is 0 Å². The zero-order valence-electron chi connectivity index (χ0n) is 22.8. The van der Waals surface area contributed by atoms with Gasteiger partial charge in [0, 0.05) is 23.0 Å². The van der Waals surface area contributed by atoms with Gasteiger partial charge in [0.25, 0.3) is 0 Å². The molecule has 1 saturated heterocycles. The standard InChI is InChI=1S/C32H38ClNO4S/c1-20-9-10-27-31(2,13-11-28-32(27,3)19-37-30(38-28)26-8-5-15-39-26)24(20)17-25(23-12-14-36-29(23)35)34-18-21-6-4-7-22(33)16-21/h4-8,12,15-16,24-25,27-28,30,34H,1,9-11,13-14,17-19H2,2-3H3. The van der Waals surface area contributed by atoms with Gasteiger partial charge in [-0.1, -0.05) is 55.8 Å². The lowest BCUT2D eigenvalue weighted by Gasteiger charge is -2.62. The smallest absolute Gasteiger partial charge is 0.335 e. The number of hydrogen-bond donors (Lipinski definition) is 1. The maximum atomic E-state index is 12.7. The molecule has 2 saturated carbocycles. The summed E-state index contributed by atoms with van der Waals surface area (Å²) >= 11 is 7.94. The van der Waals surface area contributed by atoms with Gasteiger partial charge in [0.15, 0.2) is 6.29 Å². The summed E-state index contributed by atoms with van der Waals surface area (Å²) in [6, 6.07) is 11.9. The van der Waals surface area contributed by atoms with Gasteiger partial charge in [-0.15, -0.1) is 11.3 Å². The zero-order valence-corrected chi connectivity index (χ0v) is 24.4. The number of hydrogen-bond acceptors (Lipinski definition) is 6. The van der Waals surface area contributed by atoms with Crippen molar-refractivity contribution in [2.24, 2.45) is 22.7 Å². The molecule has 3 fully saturated rings. The first-order chi connectivity index (χ1) is 18.8. The van der Waals surface area contributed by atoms with E-state index in [-0.39, 0.29) is 41.2 Å². The van der Waals surface area contributed by atoms with Crippen molar-refractivity contribution < 1.29 is 19.0 Å². The lowest BCUT2D eigenvalue weighted by molar-refractivity contribution is -0.306. The molecule has 6 rings (SSSR count). The second kappa shape index (κ2) is 10.8. The van der Waals surface area contributed by atoms with Gasteiger partial charge in [-0.3, -0.25) is 0 Å². The molecule has 2 aromatic rings. The van der Waals surface area contributed by atoms with Crippen molar-refractivity contribution in [2.75, 3.05) is 13.2 Å². The number of nitrogens with one attached hydrogen (secondary N) is 1. The first kappa shape index (κ1) is 27.2. The van der Waals surface area contributed by atoms with Crippen LogP contribution < -0.4 is 5.32 Å². The number of carbonyl (C=O) groups is 1. The van der Waals surface area contributed by atoms with Gasteiger partial charge in [0.1, 0.15) is 6.61 Å². The highest BCUT2D eigenvalue weighted by Gasteiger charge is 2.60. The highest BCUT2D eigenvalue weighted by atomic mass is 35.5. The molecule has 2 aliphatic heterocycles. The molecule has 5 nitrogen and oxygen atoms in total. The van der Waals surface area contributed by atoms with E-state index in [1.54, 1.807) is 11.3 Å². The molecule has 0 bridgehead atoms. The molecule has 1 aromatic heterocycles. The molecular weight excluding hydrogens is 530 g/mol. The van der Waals surface area contributed by atoms with Gasteiger partial charge in [-0.2, -0.15) is 0 Å². The minimum absolute atomic E-state index is 0.0438. The van der Waals surface area contributed by atoms with Gasteiger partial charge < -0.3 is 19.5 Å². The van der Waals surface area contributed by atoms with Gasteiger partial charge in [0.05, 0.1) is 23.2 Å². The number of ether oxygens (including phenoxy) is 3. The summed E-state index contributed by atoms with van der Waals surface area (Å²) in [6.45, 7) is 11.1. The van der Waals surface area contributed by atoms with Crippen molar-refractivity contribution in [2.45, 2.75) is 70.9 Å². The fourth-order valence-electron chi connectivity index (χ4n) is 7.94. The number of esters is 1. The molecule has 208 valence electrons. The Kier molecular flexibility index (Phi) is 7.53. The van der Waals surface area contributed by atoms with E-state index in [2.05, 4.69) is 49.3 Å². The van der Waals surface area contributed by atoms with Crippen molar-refractivity contribution in [3.63, 3.8) is 0 Å². The topological polar surface area (TPSA) is 56.8 Å². The fourth-order valence-corrected chi connectivity index (χ4v) is 8.86. The van der Waals surface area contributed by atoms with Crippen LogP contribution in [0.1, 0.15) is 62.7 Å². The van der Waals surface area contributed by atoms with Crippen LogP contribution in [0.5, 0.6) is 0 Å². The number of thiophene rings is 1. The Morgan fingerprint density at radius 3 is 2.82 bits per heavy atom. The summed E-state index contributed by atoms with van der Waals surface area (Å²) in [6.07, 6.45) is 6.83. The van der Waals surface area contributed by atoms with Crippen LogP contribution in [-0.2, 0) is 25.5 Å². The van der Waals surface area contributed by atoms with Crippen LogP contribution in [0.2, 0.25) is 5.02 Å². The summed E-state index contributed by atoms with van der Waals surface area (Å²) in [5.74, 6) is 0.503. The van der Waals surface area contributed by atoms with Crippen molar-refractivity contribution in [3.05, 3.63) is 81.0 Å². The number of allylic oxidation sites excluding steroid dienone is 1. The van der Waals surface area contributed by atoms with Crippen LogP contribution in [0.15, 0.2) is 65.6 Å². The molecule has 0 amide bonds. The van der Waals surface area contributed by atoms with Gasteiger partial charge in [-0.05, 0) is 84.6 Å². The summed E-state index contributed by atoms with van der Waals surface area (Å²) < 4.78 is 18.4. The molecule has 7 atom stereocenters. The fraction of sp³-hybridized carbons (Fsp3) is 0.531. The van der Waals surface area contributed by atoms with E-state index in [1.165, 1.54) is 5.57 Å². The molecule has 1 N–H and O–H groups in total. The molecular formula is C32H38ClNO4S. The molecule has 7 heteroatoms. The molecule has 7 unspecified atom stereocenters. The predicted octanol–water partition coefficient (Wildman–Crippen LogP) is 7.24. The minimum atomic E-state index is -0.262. The largest absolute Gasteiger partial charge is 0.458 e. The Hall–Kier alpha value is -1.96. The van der Waals surface area contributed by atoms with E-state index in [1.807, 2.05) is 24.3 Å². The Labute approximate surface area is 240 Å². The van der Waals surface area contributed by atoms with E-state index < -0.39 is 0 Å². The van der Waals surface area contributed by atoms with E-state index in [9.17, 15) is 4.79 Å². The Balaban J connectivity index is 1.24. The van der Waals surface area contributed by atoms with Crippen molar-refractivity contribution in [1.82, 2.24) is 5.32 Å². The summed E-state index contributed by atoms with van der Waals surface area (Å²) in [5, 5.41) is 6.48. The summed E-state index contributed by atoms with van der Waals surface area (Å²) in [4.78, 5) is 13.9. The number of benzene rings is 1. The lowest BCUT2D eigenvalue weighted by Crippen LogP contribution is -2.60. The van der Waals surface area contributed by atoms with Crippen LogP contribution in [0.4, 0.5) is 0 Å².